The molecule has 29 heavy (non-hydrogen) atoms. The van der Waals surface area contributed by atoms with Crippen LogP contribution in [0.4, 0.5) is 5.00 Å². The molecule has 0 atom stereocenters. The average molecular weight is 442 g/mol. The molecule has 0 unspecified atom stereocenters. The minimum Gasteiger partial charge on any atom is -0.465 e. The summed E-state index contributed by atoms with van der Waals surface area (Å²) in [7, 11) is 1.34. The molecule has 8 heteroatoms. The van der Waals surface area contributed by atoms with Gasteiger partial charge in [0.1, 0.15) is 5.00 Å². The largest absolute Gasteiger partial charge is 0.465 e. The molecule has 0 aliphatic rings. The summed E-state index contributed by atoms with van der Waals surface area (Å²) >= 11 is 6.93. The number of nitrogens with one attached hydrogen (secondary N) is 1. The van der Waals surface area contributed by atoms with Gasteiger partial charge in [-0.1, -0.05) is 27.7 Å². The Hall–Kier alpha value is -1.67. The van der Waals surface area contributed by atoms with Gasteiger partial charge in [-0.25, -0.2) is 4.79 Å². The summed E-state index contributed by atoms with van der Waals surface area (Å²) in [6, 6.07) is 0. The van der Waals surface area contributed by atoms with Crippen molar-refractivity contribution in [3.05, 3.63) is 16.0 Å². The third-order valence-corrected chi connectivity index (χ3v) is 6.02. The van der Waals surface area contributed by atoms with Crippen molar-refractivity contribution in [3.8, 4) is 0 Å². The Bertz CT molecular complexity index is 715. The van der Waals surface area contributed by atoms with Crippen LogP contribution in [0.15, 0.2) is 0 Å². The van der Waals surface area contributed by atoms with Crippen LogP contribution in [0.25, 0.3) is 0 Å². The number of amides is 1. The van der Waals surface area contributed by atoms with E-state index >= 15 is 0 Å². The molecule has 1 aromatic heterocycles. The Morgan fingerprint density at radius 2 is 1.59 bits per heavy atom. The first kappa shape index (κ1) is 25.4. The predicted molar refractivity (Wildman–Crippen MR) is 125 cm³/mol. The van der Waals surface area contributed by atoms with Crippen LogP contribution in [0, 0.1) is 18.8 Å². The second-order valence-electron chi connectivity index (χ2n) is 7.85. The fourth-order valence-corrected chi connectivity index (χ4v) is 4.58. The Morgan fingerprint density at radius 1 is 1.07 bits per heavy atom. The maximum atomic E-state index is 12.9. The average Bonchev–Trinajstić information content (AvgIpc) is 2.96. The zero-order valence-electron chi connectivity index (χ0n) is 18.9. The van der Waals surface area contributed by atoms with E-state index in [-0.39, 0.29) is 5.91 Å². The molecule has 0 saturated carbocycles. The minimum atomic E-state index is -0.470. The van der Waals surface area contributed by atoms with Gasteiger partial charge < -0.3 is 19.9 Å². The van der Waals surface area contributed by atoms with Crippen LogP contribution in [0.5, 0.6) is 0 Å². The third-order valence-electron chi connectivity index (χ3n) is 4.46. The fraction of sp³-hybridized carbons (Fsp3) is 0.667. The zero-order chi connectivity index (χ0) is 22.3. The number of thiophene rings is 1. The smallest absolute Gasteiger partial charge is 0.341 e. The number of methoxy groups -OCH3 is 1. The summed E-state index contributed by atoms with van der Waals surface area (Å²) in [4.78, 5) is 29.8. The molecular formula is C21H35N3O3S2. The molecule has 0 aromatic carbocycles. The molecule has 164 valence electrons. The molecule has 1 N–H and O–H groups in total. The fourth-order valence-electron chi connectivity index (χ4n) is 3.11. The normalized spacial score (nSPS) is 11.0. The van der Waals surface area contributed by atoms with Crippen LogP contribution in [0.1, 0.15) is 67.1 Å². The Morgan fingerprint density at radius 3 is 2.00 bits per heavy atom. The predicted octanol–water partition coefficient (Wildman–Crippen LogP) is 4.64. The monoisotopic (exact) mass is 441 g/mol. The van der Waals surface area contributed by atoms with E-state index in [1.807, 2.05) is 13.8 Å². The van der Waals surface area contributed by atoms with Crippen LogP contribution >= 0.6 is 23.6 Å². The summed E-state index contributed by atoms with van der Waals surface area (Å²) in [5, 5.41) is 4.35. The van der Waals surface area contributed by atoms with E-state index in [0.29, 0.717) is 51.0 Å². The summed E-state index contributed by atoms with van der Waals surface area (Å²) in [5.41, 5.74) is 1.01. The molecule has 1 heterocycles. The number of thiocarbonyl (C=S) groups is 1. The van der Waals surface area contributed by atoms with Crippen LogP contribution < -0.4 is 5.32 Å². The van der Waals surface area contributed by atoms with Crippen molar-refractivity contribution in [2.75, 3.05) is 38.6 Å². The lowest BCUT2D eigenvalue weighted by molar-refractivity contribution is 0.0601. The van der Waals surface area contributed by atoms with Crippen molar-refractivity contribution in [3.63, 3.8) is 0 Å². The van der Waals surface area contributed by atoms with Crippen molar-refractivity contribution in [1.29, 1.82) is 0 Å². The quantitative estimate of drug-likeness (QED) is 0.445. The number of hydrogen-bond acceptors (Lipinski definition) is 5. The van der Waals surface area contributed by atoms with Gasteiger partial charge in [-0.15, -0.1) is 11.3 Å². The van der Waals surface area contributed by atoms with E-state index in [0.717, 1.165) is 13.1 Å². The lowest BCUT2D eigenvalue weighted by Gasteiger charge is -2.29. The highest BCUT2D eigenvalue weighted by Crippen LogP contribution is 2.35. The lowest BCUT2D eigenvalue weighted by atomic mass is 10.1. The van der Waals surface area contributed by atoms with E-state index in [1.165, 1.54) is 18.4 Å². The number of ether oxygens (including phenoxy) is 1. The van der Waals surface area contributed by atoms with Gasteiger partial charge in [0.15, 0.2) is 5.11 Å². The second-order valence-corrected chi connectivity index (χ2v) is 9.26. The summed E-state index contributed by atoms with van der Waals surface area (Å²) < 4.78 is 4.98. The molecule has 0 saturated heterocycles. The van der Waals surface area contributed by atoms with Gasteiger partial charge in [-0.3, -0.25) is 4.79 Å². The Balaban J connectivity index is 3.31. The molecule has 6 nitrogen and oxygen atoms in total. The standard InChI is InChI=1S/C21H35N3O3S2/c1-9-23(10-2)19(25)17-15(7)16(20(26)27-8)18(29-17)22-21(28)24(11-13(3)4)12-14(5)6/h13-14H,9-12H2,1-8H3,(H,22,28). The molecule has 1 rings (SSSR count). The van der Waals surface area contributed by atoms with Gasteiger partial charge in [-0.05, 0) is 50.4 Å². The van der Waals surface area contributed by atoms with Crippen molar-refractivity contribution in [2.24, 2.45) is 11.8 Å². The van der Waals surface area contributed by atoms with Gasteiger partial charge in [0.2, 0.25) is 0 Å². The topological polar surface area (TPSA) is 61.9 Å². The molecule has 0 aliphatic carbocycles. The summed E-state index contributed by atoms with van der Waals surface area (Å²) in [6.45, 7) is 17.1. The van der Waals surface area contributed by atoms with Crippen molar-refractivity contribution >= 4 is 45.5 Å². The molecular weight excluding hydrogens is 406 g/mol. The van der Waals surface area contributed by atoms with Crippen LogP contribution in [0.2, 0.25) is 0 Å². The third kappa shape index (κ3) is 6.67. The molecule has 0 aliphatic heterocycles. The highest BCUT2D eigenvalue weighted by atomic mass is 32.1. The highest BCUT2D eigenvalue weighted by molar-refractivity contribution is 7.80. The molecule has 1 aromatic rings. The number of esters is 1. The lowest BCUT2D eigenvalue weighted by Crippen LogP contribution is -2.39. The number of rotatable bonds is 9. The van der Waals surface area contributed by atoms with Crippen LogP contribution in [-0.4, -0.2) is 60.1 Å². The van der Waals surface area contributed by atoms with Gasteiger partial charge in [0, 0.05) is 26.2 Å². The number of carbonyl (C=O) groups excluding carboxylic acids is 2. The van der Waals surface area contributed by atoms with Crippen molar-refractivity contribution in [2.45, 2.75) is 48.5 Å². The van der Waals surface area contributed by atoms with E-state index in [9.17, 15) is 9.59 Å². The first-order chi connectivity index (χ1) is 13.6. The number of hydrogen-bond donors (Lipinski definition) is 1. The number of anilines is 1. The maximum Gasteiger partial charge on any atom is 0.341 e. The highest BCUT2D eigenvalue weighted by Gasteiger charge is 2.28. The molecule has 0 bridgehead atoms. The van der Waals surface area contributed by atoms with Gasteiger partial charge in [0.05, 0.1) is 17.6 Å². The number of nitrogens with zero attached hydrogens (tertiary/aromatic N) is 2. The van der Waals surface area contributed by atoms with Crippen molar-refractivity contribution < 1.29 is 14.3 Å². The van der Waals surface area contributed by atoms with E-state index in [4.69, 9.17) is 17.0 Å². The Labute approximate surface area is 184 Å². The van der Waals surface area contributed by atoms with Gasteiger partial charge >= 0.3 is 5.97 Å². The van der Waals surface area contributed by atoms with Crippen molar-refractivity contribution in [1.82, 2.24) is 9.80 Å². The second kappa shape index (κ2) is 11.5. The first-order valence-corrected chi connectivity index (χ1v) is 11.4. The molecule has 0 fully saturated rings. The molecule has 0 radical (unpaired) electrons. The maximum absolute atomic E-state index is 12.9. The minimum absolute atomic E-state index is 0.0807. The SMILES string of the molecule is CCN(CC)C(=O)c1sc(NC(=S)N(CC(C)C)CC(C)C)c(C(=O)OC)c1C. The van der Waals surface area contributed by atoms with Gasteiger partial charge in [-0.2, -0.15) is 0 Å². The molecule has 0 spiro atoms. The Kier molecular flexibility index (Phi) is 10.1. The number of carbonyl (C=O) groups is 2. The van der Waals surface area contributed by atoms with E-state index in [2.05, 4.69) is 37.9 Å². The summed E-state index contributed by atoms with van der Waals surface area (Å²) in [6.07, 6.45) is 0. The van der Waals surface area contributed by atoms with Crippen LogP contribution in [-0.2, 0) is 4.74 Å². The summed E-state index contributed by atoms with van der Waals surface area (Å²) in [5.74, 6) is 0.335. The molecule has 1 amide bonds. The first-order valence-electron chi connectivity index (χ1n) is 10.1. The van der Waals surface area contributed by atoms with Gasteiger partial charge in [0.25, 0.3) is 5.91 Å². The zero-order valence-corrected chi connectivity index (χ0v) is 20.6. The van der Waals surface area contributed by atoms with E-state index < -0.39 is 5.97 Å². The van der Waals surface area contributed by atoms with Crippen LogP contribution in [0.3, 0.4) is 0 Å². The van der Waals surface area contributed by atoms with E-state index in [1.54, 1.807) is 11.8 Å².